The fourth-order valence-corrected chi connectivity index (χ4v) is 3.49. The predicted octanol–water partition coefficient (Wildman–Crippen LogP) is 1.65. The normalized spacial score (nSPS) is 11.6. The van der Waals surface area contributed by atoms with Crippen LogP contribution in [-0.2, 0) is 16.6 Å². The van der Waals surface area contributed by atoms with Gasteiger partial charge < -0.3 is 0 Å². The summed E-state index contributed by atoms with van der Waals surface area (Å²) in [5, 5.41) is 7.26. The van der Waals surface area contributed by atoms with Gasteiger partial charge in [0.15, 0.2) is 5.03 Å². The fourth-order valence-electron chi connectivity index (χ4n) is 1.90. The highest BCUT2D eigenvalue weighted by molar-refractivity contribution is 7.92. The van der Waals surface area contributed by atoms with Crippen molar-refractivity contribution in [2.24, 2.45) is 0 Å². The van der Waals surface area contributed by atoms with Gasteiger partial charge in [-0.05, 0) is 26.0 Å². The Balaban J connectivity index is 2.54. The van der Waals surface area contributed by atoms with Crippen molar-refractivity contribution in [1.82, 2.24) is 15.0 Å². The summed E-state index contributed by atoms with van der Waals surface area (Å²) in [5.41, 5.74) is 0.0128. The third-order valence-electron chi connectivity index (χ3n) is 2.84. The number of anilines is 1. The Bertz CT molecular complexity index is 699. The van der Waals surface area contributed by atoms with Crippen LogP contribution in [0.4, 0.5) is 10.1 Å². The molecule has 1 aromatic heterocycles. The Kier molecular flexibility index (Phi) is 4.03. The van der Waals surface area contributed by atoms with Gasteiger partial charge in [-0.2, -0.15) is 8.42 Å². The monoisotopic (exact) mass is 298 g/mol. The Morgan fingerprint density at radius 2 is 2.00 bits per heavy atom. The van der Waals surface area contributed by atoms with Crippen molar-refractivity contribution in [3.05, 3.63) is 36.3 Å². The largest absolute Gasteiger partial charge is 0.283 e. The molecule has 108 valence electrons. The van der Waals surface area contributed by atoms with Crippen LogP contribution >= 0.6 is 0 Å². The second-order valence-electron chi connectivity index (χ2n) is 4.01. The Labute approximate surface area is 116 Å². The Hall–Kier alpha value is -1.96. The molecule has 1 aromatic carbocycles. The van der Waals surface area contributed by atoms with E-state index in [2.05, 4.69) is 10.3 Å². The lowest BCUT2D eigenvalue weighted by Gasteiger charge is -2.22. The standard InChI is InChI=1S/C12H15FN4O2S/c1-3-16-12(9-14-15-16)20(18,19)17(4-2)11-8-6-5-7-10(11)13/h5-9H,3-4H2,1-2H3. The molecule has 0 bridgehead atoms. The highest BCUT2D eigenvalue weighted by atomic mass is 32.2. The molecule has 8 heteroatoms. The molecule has 0 unspecified atom stereocenters. The van der Waals surface area contributed by atoms with Crippen LogP contribution in [0.2, 0.25) is 0 Å². The van der Waals surface area contributed by atoms with Gasteiger partial charge in [0, 0.05) is 13.1 Å². The number of sulfonamides is 1. The maximum absolute atomic E-state index is 13.8. The summed E-state index contributed by atoms with van der Waals surface area (Å²) in [6.45, 7) is 3.87. The van der Waals surface area contributed by atoms with Gasteiger partial charge >= 0.3 is 0 Å². The van der Waals surface area contributed by atoms with E-state index in [0.29, 0.717) is 6.54 Å². The van der Waals surface area contributed by atoms with E-state index in [1.165, 1.54) is 29.1 Å². The first-order valence-corrected chi connectivity index (χ1v) is 7.62. The van der Waals surface area contributed by atoms with Crippen molar-refractivity contribution in [1.29, 1.82) is 0 Å². The van der Waals surface area contributed by atoms with E-state index in [1.54, 1.807) is 19.9 Å². The number of aromatic nitrogens is 3. The zero-order valence-corrected chi connectivity index (χ0v) is 12.0. The van der Waals surface area contributed by atoms with Crippen molar-refractivity contribution >= 4 is 15.7 Å². The molecule has 0 N–H and O–H groups in total. The molecule has 0 fully saturated rings. The van der Waals surface area contributed by atoms with E-state index in [4.69, 9.17) is 0 Å². The molecule has 0 atom stereocenters. The smallest absolute Gasteiger partial charge is 0.262 e. The van der Waals surface area contributed by atoms with E-state index in [0.717, 1.165) is 4.31 Å². The summed E-state index contributed by atoms with van der Waals surface area (Å²) in [6.07, 6.45) is 1.17. The molecule has 0 amide bonds. The highest BCUT2D eigenvalue weighted by Gasteiger charge is 2.29. The van der Waals surface area contributed by atoms with E-state index in [-0.39, 0.29) is 17.3 Å². The summed E-state index contributed by atoms with van der Waals surface area (Å²) in [6, 6.07) is 5.75. The van der Waals surface area contributed by atoms with Crippen LogP contribution in [0, 0.1) is 5.82 Å². The molecule has 0 aliphatic carbocycles. The lowest BCUT2D eigenvalue weighted by molar-refractivity contribution is 0.542. The van der Waals surface area contributed by atoms with Gasteiger partial charge in [-0.3, -0.25) is 4.31 Å². The van der Waals surface area contributed by atoms with Gasteiger partial charge in [-0.25, -0.2) is 9.07 Å². The zero-order chi connectivity index (χ0) is 14.8. The summed E-state index contributed by atoms with van der Waals surface area (Å²) >= 11 is 0. The first-order valence-electron chi connectivity index (χ1n) is 6.18. The van der Waals surface area contributed by atoms with Gasteiger partial charge in [-0.15, -0.1) is 5.10 Å². The van der Waals surface area contributed by atoms with Crippen molar-refractivity contribution in [3.8, 4) is 0 Å². The van der Waals surface area contributed by atoms with Crippen molar-refractivity contribution < 1.29 is 12.8 Å². The molecule has 0 spiro atoms. The molecule has 0 aliphatic heterocycles. The molecule has 0 saturated heterocycles. The summed E-state index contributed by atoms with van der Waals surface area (Å²) in [4.78, 5) is 0. The number of benzene rings is 1. The van der Waals surface area contributed by atoms with Crippen LogP contribution in [-0.4, -0.2) is 30.0 Å². The van der Waals surface area contributed by atoms with Crippen LogP contribution in [0.5, 0.6) is 0 Å². The minimum Gasteiger partial charge on any atom is -0.262 e. The molecule has 6 nitrogen and oxygen atoms in total. The third-order valence-corrected chi connectivity index (χ3v) is 4.72. The number of para-hydroxylation sites is 1. The predicted molar refractivity (Wildman–Crippen MR) is 72.3 cm³/mol. The lowest BCUT2D eigenvalue weighted by atomic mass is 10.3. The van der Waals surface area contributed by atoms with Gasteiger partial charge in [0.2, 0.25) is 0 Å². The Morgan fingerprint density at radius 1 is 1.30 bits per heavy atom. The molecular formula is C12H15FN4O2S. The van der Waals surface area contributed by atoms with Gasteiger partial charge in [0.05, 0.1) is 11.9 Å². The van der Waals surface area contributed by atoms with Crippen molar-refractivity contribution in [2.75, 3.05) is 10.8 Å². The quantitative estimate of drug-likeness (QED) is 0.841. The topological polar surface area (TPSA) is 68.1 Å². The van der Waals surface area contributed by atoms with Crippen molar-refractivity contribution in [2.45, 2.75) is 25.4 Å². The number of rotatable bonds is 5. The fraction of sp³-hybridized carbons (Fsp3) is 0.333. The molecule has 20 heavy (non-hydrogen) atoms. The number of halogens is 1. The van der Waals surface area contributed by atoms with Crippen LogP contribution in [0.3, 0.4) is 0 Å². The van der Waals surface area contributed by atoms with Gasteiger partial charge in [-0.1, -0.05) is 17.3 Å². The highest BCUT2D eigenvalue weighted by Crippen LogP contribution is 2.25. The van der Waals surface area contributed by atoms with E-state index >= 15 is 0 Å². The maximum atomic E-state index is 13.8. The van der Waals surface area contributed by atoms with Gasteiger partial charge in [0.1, 0.15) is 5.82 Å². The number of nitrogens with zero attached hydrogens (tertiary/aromatic N) is 4. The van der Waals surface area contributed by atoms with E-state index in [1.807, 2.05) is 0 Å². The molecule has 1 heterocycles. The molecule has 0 aliphatic rings. The molecule has 2 aromatic rings. The second-order valence-corrected chi connectivity index (χ2v) is 5.82. The summed E-state index contributed by atoms with van der Waals surface area (Å²) in [5.74, 6) is -0.589. The Morgan fingerprint density at radius 3 is 2.60 bits per heavy atom. The molecular weight excluding hydrogens is 283 g/mol. The number of hydrogen-bond donors (Lipinski definition) is 0. The molecule has 2 rings (SSSR count). The SMILES string of the molecule is CCN(c1ccccc1F)S(=O)(=O)c1cnnn1CC. The maximum Gasteiger partial charge on any atom is 0.283 e. The van der Waals surface area contributed by atoms with Crippen LogP contribution in [0.15, 0.2) is 35.5 Å². The minimum atomic E-state index is -3.89. The first-order chi connectivity index (χ1) is 9.52. The summed E-state index contributed by atoms with van der Waals surface area (Å²) < 4.78 is 41.3. The van der Waals surface area contributed by atoms with Crippen LogP contribution in [0.1, 0.15) is 13.8 Å². The molecule has 0 radical (unpaired) electrons. The minimum absolute atomic E-state index is 0.0128. The zero-order valence-electron chi connectivity index (χ0n) is 11.2. The van der Waals surface area contributed by atoms with Crippen molar-refractivity contribution in [3.63, 3.8) is 0 Å². The second kappa shape index (κ2) is 5.58. The van der Waals surface area contributed by atoms with Crippen LogP contribution in [0.25, 0.3) is 0 Å². The average molecular weight is 298 g/mol. The third kappa shape index (κ3) is 2.38. The average Bonchev–Trinajstić information content (AvgIpc) is 2.90. The number of hydrogen-bond acceptors (Lipinski definition) is 4. The van der Waals surface area contributed by atoms with Crippen LogP contribution < -0.4 is 4.31 Å². The first kappa shape index (κ1) is 14.4. The van der Waals surface area contributed by atoms with E-state index in [9.17, 15) is 12.8 Å². The lowest BCUT2D eigenvalue weighted by Crippen LogP contribution is -2.33. The van der Waals surface area contributed by atoms with E-state index < -0.39 is 15.8 Å². The molecule has 0 saturated carbocycles. The summed E-state index contributed by atoms with van der Waals surface area (Å²) in [7, 11) is -3.89. The van der Waals surface area contributed by atoms with Gasteiger partial charge in [0.25, 0.3) is 10.0 Å². The number of aryl methyl sites for hydroxylation is 1.